The summed E-state index contributed by atoms with van der Waals surface area (Å²) in [4.78, 5) is 15.5. The van der Waals surface area contributed by atoms with Gasteiger partial charge in [-0.1, -0.05) is 28.1 Å². The fourth-order valence-electron chi connectivity index (χ4n) is 4.68. The Morgan fingerprint density at radius 1 is 1.11 bits per heavy atom. The first-order chi connectivity index (χ1) is 17.0. The lowest BCUT2D eigenvalue weighted by Gasteiger charge is -2.30. The van der Waals surface area contributed by atoms with Gasteiger partial charge in [-0.25, -0.2) is 4.39 Å². The van der Waals surface area contributed by atoms with Crippen molar-refractivity contribution < 1.29 is 28.1 Å². The molecule has 3 aromatic rings. The molecule has 3 aromatic carbocycles. The Kier molecular flexibility index (Phi) is 5.59. The monoisotopic (exact) mass is 537 g/mol. The van der Waals surface area contributed by atoms with Crippen LogP contribution < -0.4 is 14.2 Å². The normalized spacial score (nSPS) is 17.8. The standard InChI is InChI=1S/C27H21BrFNO5/c1-15-6-22-21(11-30(13-33-22)10-16-2-4-20(29)5-3-16)27-24(15)25(31)23(35-27)9-17-7-19(28)8-18-12-32-14-34-26(17)18/h2-9H,10-14H2,1H3/b23-9-. The summed E-state index contributed by atoms with van der Waals surface area (Å²) in [5.41, 5.74) is 4.81. The van der Waals surface area contributed by atoms with Crippen molar-refractivity contribution in [1.29, 1.82) is 0 Å². The van der Waals surface area contributed by atoms with Crippen LogP contribution in [-0.2, 0) is 24.4 Å². The van der Waals surface area contributed by atoms with E-state index in [0.29, 0.717) is 49.2 Å². The molecule has 0 bridgehead atoms. The second-order valence-electron chi connectivity index (χ2n) is 8.79. The minimum absolute atomic E-state index is 0.160. The van der Waals surface area contributed by atoms with E-state index in [4.69, 9.17) is 18.9 Å². The maximum absolute atomic E-state index is 13.4. The maximum atomic E-state index is 13.4. The van der Waals surface area contributed by atoms with Gasteiger partial charge in [-0.3, -0.25) is 9.69 Å². The molecule has 178 valence electrons. The summed E-state index contributed by atoms with van der Waals surface area (Å²) in [5, 5.41) is 0. The van der Waals surface area contributed by atoms with E-state index in [0.717, 1.165) is 32.3 Å². The van der Waals surface area contributed by atoms with Gasteiger partial charge in [0.15, 0.2) is 12.6 Å². The lowest BCUT2D eigenvalue weighted by atomic mass is 9.98. The summed E-state index contributed by atoms with van der Waals surface area (Å²) >= 11 is 3.52. The smallest absolute Gasteiger partial charge is 0.232 e. The third kappa shape index (κ3) is 4.11. The van der Waals surface area contributed by atoms with Gasteiger partial charge >= 0.3 is 0 Å². The van der Waals surface area contributed by atoms with Gasteiger partial charge < -0.3 is 18.9 Å². The highest BCUT2D eigenvalue weighted by atomic mass is 79.9. The number of nitrogens with zero attached hydrogens (tertiary/aromatic N) is 1. The fraction of sp³-hybridized carbons (Fsp3) is 0.222. The zero-order valence-corrected chi connectivity index (χ0v) is 20.5. The van der Waals surface area contributed by atoms with Crippen LogP contribution >= 0.6 is 15.9 Å². The lowest BCUT2D eigenvalue weighted by molar-refractivity contribution is -0.0165. The number of aryl methyl sites for hydroxylation is 1. The first-order valence-corrected chi connectivity index (χ1v) is 12.0. The Balaban J connectivity index is 1.33. The predicted octanol–water partition coefficient (Wildman–Crippen LogP) is 5.73. The number of rotatable bonds is 3. The highest BCUT2D eigenvalue weighted by molar-refractivity contribution is 9.10. The highest BCUT2D eigenvalue weighted by Crippen LogP contribution is 2.45. The Bertz CT molecular complexity index is 1390. The van der Waals surface area contributed by atoms with E-state index in [1.54, 1.807) is 18.2 Å². The molecule has 8 heteroatoms. The summed E-state index contributed by atoms with van der Waals surface area (Å²) in [6, 6.07) is 12.2. The number of Topliss-reactive ketones (excluding diaryl/α,β-unsaturated/α-hetero) is 1. The number of hydrogen-bond donors (Lipinski definition) is 0. The number of carbonyl (C=O) groups is 1. The number of allylic oxidation sites excluding steroid dienone is 1. The number of benzene rings is 3. The van der Waals surface area contributed by atoms with E-state index < -0.39 is 0 Å². The van der Waals surface area contributed by atoms with Crippen LogP contribution in [0.5, 0.6) is 17.2 Å². The van der Waals surface area contributed by atoms with Gasteiger partial charge in [-0.15, -0.1) is 0 Å². The molecule has 0 atom stereocenters. The van der Waals surface area contributed by atoms with Crippen molar-refractivity contribution in [3.05, 3.63) is 91.9 Å². The zero-order valence-electron chi connectivity index (χ0n) is 18.9. The van der Waals surface area contributed by atoms with Crippen LogP contribution in [-0.4, -0.2) is 24.2 Å². The molecule has 35 heavy (non-hydrogen) atoms. The Morgan fingerprint density at radius 2 is 1.94 bits per heavy atom. The molecule has 0 saturated heterocycles. The molecule has 0 aromatic heterocycles. The molecule has 3 aliphatic heterocycles. The van der Waals surface area contributed by atoms with Crippen LogP contribution in [0.2, 0.25) is 0 Å². The quantitative estimate of drug-likeness (QED) is 0.397. The van der Waals surface area contributed by atoms with E-state index in [-0.39, 0.29) is 24.2 Å². The molecule has 6 rings (SSSR count). The van der Waals surface area contributed by atoms with Crippen molar-refractivity contribution >= 4 is 27.8 Å². The van der Waals surface area contributed by atoms with Gasteiger partial charge in [0.1, 0.15) is 29.8 Å². The molecule has 0 aliphatic carbocycles. The maximum Gasteiger partial charge on any atom is 0.232 e. The largest absolute Gasteiger partial charge is 0.478 e. The van der Waals surface area contributed by atoms with Gasteiger partial charge in [-0.05, 0) is 54.5 Å². The Morgan fingerprint density at radius 3 is 2.77 bits per heavy atom. The van der Waals surface area contributed by atoms with Crippen LogP contribution in [0.3, 0.4) is 0 Å². The molecule has 0 unspecified atom stereocenters. The highest BCUT2D eigenvalue weighted by Gasteiger charge is 2.36. The first kappa shape index (κ1) is 22.3. The van der Waals surface area contributed by atoms with E-state index in [1.807, 2.05) is 25.1 Å². The number of ketones is 1. The minimum atomic E-state index is -0.266. The molecule has 0 spiro atoms. The van der Waals surface area contributed by atoms with Gasteiger partial charge in [0.25, 0.3) is 0 Å². The average molecular weight is 538 g/mol. The number of fused-ring (bicyclic) bond motifs is 4. The summed E-state index contributed by atoms with van der Waals surface area (Å²) < 4.78 is 37.5. The van der Waals surface area contributed by atoms with Crippen molar-refractivity contribution in [3.8, 4) is 17.2 Å². The second-order valence-corrected chi connectivity index (χ2v) is 9.71. The predicted molar refractivity (Wildman–Crippen MR) is 130 cm³/mol. The average Bonchev–Trinajstić information content (AvgIpc) is 3.17. The van der Waals surface area contributed by atoms with E-state index >= 15 is 0 Å². The van der Waals surface area contributed by atoms with Crippen molar-refractivity contribution in [3.63, 3.8) is 0 Å². The van der Waals surface area contributed by atoms with Crippen molar-refractivity contribution in [2.75, 3.05) is 13.5 Å². The van der Waals surface area contributed by atoms with Crippen molar-refractivity contribution in [1.82, 2.24) is 4.90 Å². The van der Waals surface area contributed by atoms with E-state index in [9.17, 15) is 9.18 Å². The molecule has 0 N–H and O–H groups in total. The van der Waals surface area contributed by atoms with Gasteiger partial charge in [0.05, 0.1) is 17.7 Å². The molecular weight excluding hydrogens is 517 g/mol. The topological polar surface area (TPSA) is 57.2 Å². The minimum Gasteiger partial charge on any atom is -0.478 e. The molecule has 0 fully saturated rings. The number of carbonyl (C=O) groups excluding carboxylic acids is 1. The van der Waals surface area contributed by atoms with Crippen LogP contribution in [0.4, 0.5) is 4.39 Å². The summed E-state index contributed by atoms with van der Waals surface area (Å²) in [7, 11) is 0. The fourth-order valence-corrected chi connectivity index (χ4v) is 5.21. The van der Waals surface area contributed by atoms with Crippen LogP contribution in [0, 0.1) is 12.7 Å². The molecule has 3 aliphatic rings. The summed E-state index contributed by atoms with van der Waals surface area (Å²) in [6.45, 7) is 4.01. The summed E-state index contributed by atoms with van der Waals surface area (Å²) in [5.74, 6) is 1.74. The Hall–Kier alpha value is -3.20. The Labute approximate surface area is 210 Å². The zero-order chi connectivity index (χ0) is 24.1. The molecule has 0 amide bonds. The molecular formula is C27H21BrFNO5. The molecule has 0 saturated carbocycles. The van der Waals surface area contributed by atoms with Crippen LogP contribution in [0.25, 0.3) is 6.08 Å². The van der Waals surface area contributed by atoms with Gasteiger partial charge in [-0.2, -0.15) is 0 Å². The number of halogens is 2. The third-order valence-corrected chi connectivity index (χ3v) is 6.76. The van der Waals surface area contributed by atoms with Crippen molar-refractivity contribution in [2.24, 2.45) is 0 Å². The SMILES string of the molecule is Cc1cc2c(c3c1C(=O)/C(=C/c1cc(Br)cc4c1OCOC4)O3)CN(Cc1ccc(F)cc1)CO2. The van der Waals surface area contributed by atoms with Crippen LogP contribution in [0.15, 0.2) is 52.7 Å². The van der Waals surface area contributed by atoms with E-state index in [1.165, 1.54) is 12.1 Å². The van der Waals surface area contributed by atoms with Gasteiger partial charge in [0, 0.05) is 28.7 Å². The summed E-state index contributed by atoms with van der Waals surface area (Å²) in [6.07, 6.45) is 1.73. The van der Waals surface area contributed by atoms with E-state index in [2.05, 4.69) is 20.8 Å². The third-order valence-electron chi connectivity index (χ3n) is 6.30. The molecule has 0 radical (unpaired) electrons. The van der Waals surface area contributed by atoms with Gasteiger partial charge in [0.2, 0.25) is 5.78 Å². The molecule has 3 heterocycles. The number of ether oxygens (including phenoxy) is 4. The first-order valence-electron chi connectivity index (χ1n) is 11.2. The second kappa shape index (κ2) is 8.78. The number of hydrogen-bond acceptors (Lipinski definition) is 6. The van der Waals surface area contributed by atoms with Crippen molar-refractivity contribution in [2.45, 2.75) is 26.6 Å². The lowest BCUT2D eigenvalue weighted by Crippen LogP contribution is -2.31. The van der Waals surface area contributed by atoms with Crippen LogP contribution in [0.1, 0.15) is 38.2 Å². The molecule has 6 nitrogen and oxygen atoms in total.